The zero-order chi connectivity index (χ0) is 16.2. The Morgan fingerprint density at radius 3 is 2.61 bits per heavy atom. The first-order valence-electron chi connectivity index (χ1n) is 7.01. The molecule has 0 spiro atoms. The molecule has 0 aliphatic rings. The number of rotatable bonds is 5. The molecule has 2 N–H and O–H groups in total. The van der Waals surface area contributed by atoms with E-state index in [-0.39, 0.29) is 19.1 Å². The summed E-state index contributed by atoms with van der Waals surface area (Å²) in [6.45, 7) is 0.200. The van der Waals surface area contributed by atoms with Crippen LogP contribution < -0.4 is 10.1 Å². The molecule has 0 radical (unpaired) electrons. The van der Waals surface area contributed by atoms with Gasteiger partial charge in [-0.3, -0.25) is 4.79 Å². The lowest BCUT2D eigenvalue weighted by Gasteiger charge is -2.07. The molecule has 0 saturated carbocycles. The highest BCUT2D eigenvalue weighted by molar-refractivity contribution is 7.21. The number of benzene rings is 2. The number of hydrogen-bond donors (Lipinski definition) is 2. The number of amides is 1. The predicted octanol–water partition coefficient (Wildman–Crippen LogP) is 4.18. The molecule has 3 rings (SSSR count). The Morgan fingerprint density at radius 2 is 1.91 bits per heavy atom. The van der Waals surface area contributed by atoms with Crippen molar-refractivity contribution in [3.05, 3.63) is 58.4 Å². The summed E-state index contributed by atoms with van der Waals surface area (Å²) in [5.74, 6) is 0.400. The maximum Gasteiger partial charge on any atom is 0.267 e. The van der Waals surface area contributed by atoms with Crippen molar-refractivity contribution < 1.29 is 14.6 Å². The maximum atomic E-state index is 12.4. The molecule has 0 aliphatic carbocycles. The number of nitrogens with one attached hydrogen (secondary N) is 1. The summed E-state index contributed by atoms with van der Waals surface area (Å²) >= 11 is 7.68. The summed E-state index contributed by atoms with van der Waals surface area (Å²) in [7, 11) is 0. The Kier molecular flexibility index (Phi) is 4.81. The fraction of sp³-hybridized carbons (Fsp3) is 0.118. The summed E-state index contributed by atoms with van der Waals surface area (Å²) in [6, 6.07) is 14.6. The van der Waals surface area contributed by atoms with Crippen molar-refractivity contribution >= 4 is 44.6 Å². The summed E-state index contributed by atoms with van der Waals surface area (Å²) in [6.07, 6.45) is 0. The summed E-state index contributed by atoms with van der Waals surface area (Å²) in [5.41, 5.74) is 0.653. The fourth-order valence-electron chi connectivity index (χ4n) is 2.15. The van der Waals surface area contributed by atoms with Crippen LogP contribution in [-0.2, 0) is 0 Å². The van der Waals surface area contributed by atoms with Gasteiger partial charge in [0.15, 0.2) is 0 Å². The topological polar surface area (TPSA) is 58.6 Å². The van der Waals surface area contributed by atoms with Crippen molar-refractivity contribution in [2.24, 2.45) is 0 Å². The van der Waals surface area contributed by atoms with Gasteiger partial charge in [0, 0.05) is 15.8 Å². The van der Waals surface area contributed by atoms with Crippen molar-refractivity contribution in [1.29, 1.82) is 0 Å². The average molecular weight is 348 g/mol. The first-order valence-corrected chi connectivity index (χ1v) is 8.20. The number of ether oxygens (including phenoxy) is 1. The number of hydrogen-bond acceptors (Lipinski definition) is 4. The number of aliphatic hydroxyl groups is 1. The van der Waals surface area contributed by atoms with Crippen molar-refractivity contribution in [3.63, 3.8) is 0 Å². The quantitative estimate of drug-likeness (QED) is 0.728. The Hall–Kier alpha value is -2.08. The third kappa shape index (κ3) is 3.47. The van der Waals surface area contributed by atoms with Gasteiger partial charge in [-0.2, -0.15) is 0 Å². The zero-order valence-electron chi connectivity index (χ0n) is 12.1. The number of carbonyl (C=O) groups is 1. The van der Waals surface area contributed by atoms with Crippen LogP contribution in [0.2, 0.25) is 5.02 Å². The van der Waals surface area contributed by atoms with E-state index in [1.807, 2.05) is 24.3 Å². The third-order valence-electron chi connectivity index (χ3n) is 3.21. The average Bonchev–Trinajstić information content (AvgIpc) is 2.92. The summed E-state index contributed by atoms with van der Waals surface area (Å²) in [5, 5.41) is 12.9. The second-order valence-corrected chi connectivity index (χ2v) is 6.22. The van der Waals surface area contributed by atoms with Crippen molar-refractivity contribution in [2.45, 2.75) is 0 Å². The number of carbonyl (C=O) groups excluding carboxylic acids is 1. The van der Waals surface area contributed by atoms with Gasteiger partial charge in [-0.1, -0.05) is 29.8 Å². The number of aliphatic hydroxyl groups excluding tert-OH is 1. The van der Waals surface area contributed by atoms with Crippen molar-refractivity contribution in [2.75, 3.05) is 18.5 Å². The lowest BCUT2D eigenvalue weighted by atomic mass is 10.2. The molecule has 2 aromatic carbocycles. The van der Waals surface area contributed by atoms with E-state index < -0.39 is 0 Å². The lowest BCUT2D eigenvalue weighted by molar-refractivity contribution is 0.103. The van der Waals surface area contributed by atoms with E-state index >= 15 is 0 Å². The summed E-state index contributed by atoms with van der Waals surface area (Å²) in [4.78, 5) is 12.9. The molecule has 0 aliphatic heterocycles. The third-order valence-corrected chi connectivity index (χ3v) is 4.89. The van der Waals surface area contributed by atoms with Gasteiger partial charge in [0.2, 0.25) is 0 Å². The Labute approximate surface area is 142 Å². The molecule has 0 unspecified atom stereocenters. The minimum atomic E-state index is -0.236. The highest BCUT2D eigenvalue weighted by atomic mass is 35.5. The predicted molar refractivity (Wildman–Crippen MR) is 93.8 cm³/mol. The zero-order valence-corrected chi connectivity index (χ0v) is 13.7. The molecule has 118 valence electrons. The second-order valence-electron chi connectivity index (χ2n) is 4.79. The van der Waals surface area contributed by atoms with E-state index in [9.17, 15) is 4.79 Å². The van der Waals surface area contributed by atoms with E-state index in [2.05, 4.69) is 5.32 Å². The van der Waals surface area contributed by atoms with Gasteiger partial charge in [-0.15, -0.1) is 11.3 Å². The number of thiophene rings is 1. The molecule has 6 heteroatoms. The SMILES string of the molecule is O=C(Nc1ccc(OCCO)cc1)c1sc2ccccc2c1Cl. The van der Waals surface area contributed by atoms with Crippen LogP contribution in [0.15, 0.2) is 48.5 Å². The molecule has 1 amide bonds. The van der Waals surface area contributed by atoms with E-state index in [0.29, 0.717) is 21.3 Å². The summed E-state index contributed by atoms with van der Waals surface area (Å²) < 4.78 is 6.26. The molecule has 1 aromatic heterocycles. The van der Waals surface area contributed by atoms with E-state index in [0.717, 1.165) is 10.1 Å². The molecule has 0 saturated heterocycles. The number of fused-ring (bicyclic) bond motifs is 1. The van der Waals surface area contributed by atoms with Crippen LogP contribution in [0.5, 0.6) is 5.75 Å². The fourth-order valence-corrected chi connectivity index (χ4v) is 3.56. The smallest absolute Gasteiger partial charge is 0.267 e. The van der Waals surface area contributed by atoms with Crippen LogP contribution in [0.1, 0.15) is 9.67 Å². The van der Waals surface area contributed by atoms with Crippen LogP contribution in [-0.4, -0.2) is 24.2 Å². The van der Waals surface area contributed by atoms with Crippen molar-refractivity contribution in [1.82, 2.24) is 0 Å². The van der Waals surface area contributed by atoms with Gasteiger partial charge in [0.1, 0.15) is 17.2 Å². The highest BCUT2D eigenvalue weighted by Crippen LogP contribution is 2.35. The molecule has 0 atom stereocenters. The maximum absolute atomic E-state index is 12.4. The van der Waals surface area contributed by atoms with Gasteiger partial charge in [0.25, 0.3) is 5.91 Å². The van der Waals surface area contributed by atoms with Crippen LogP contribution >= 0.6 is 22.9 Å². The minimum Gasteiger partial charge on any atom is -0.491 e. The van der Waals surface area contributed by atoms with Gasteiger partial charge in [0.05, 0.1) is 11.6 Å². The monoisotopic (exact) mass is 347 g/mol. The first-order chi connectivity index (χ1) is 11.2. The Bertz CT molecular complexity index is 829. The van der Waals surface area contributed by atoms with Gasteiger partial charge < -0.3 is 15.2 Å². The van der Waals surface area contributed by atoms with Crippen LogP contribution in [0, 0.1) is 0 Å². The molecule has 0 fully saturated rings. The first kappa shape index (κ1) is 15.8. The van der Waals surface area contributed by atoms with Crippen LogP contribution in [0.3, 0.4) is 0 Å². The molecule has 4 nitrogen and oxygen atoms in total. The van der Waals surface area contributed by atoms with E-state index in [1.165, 1.54) is 11.3 Å². The second kappa shape index (κ2) is 7.00. The normalized spacial score (nSPS) is 10.7. The van der Waals surface area contributed by atoms with Crippen LogP contribution in [0.4, 0.5) is 5.69 Å². The largest absolute Gasteiger partial charge is 0.491 e. The van der Waals surface area contributed by atoms with Gasteiger partial charge in [-0.05, 0) is 30.3 Å². The minimum absolute atomic E-state index is 0.0388. The molecule has 1 heterocycles. The molecule has 23 heavy (non-hydrogen) atoms. The Balaban J connectivity index is 1.76. The number of halogens is 1. The molecular formula is C17H14ClNO3S. The van der Waals surface area contributed by atoms with E-state index in [4.69, 9.17) is 21.4 Å². The highest BCUT2D eigenvalue weighted by Gasteiger charge is 2.16. The lowest BCUT2D eigenvalue weighted by Crippen LogP contribution is -2.10. The van der Waals surface area contributed by atoms with E-state index in [1.54, 1.807) is 24.3 Å². The van der Waals surface area contributed by atoms with Crippen LogP contribution in [0.25, 0.3) is 10.1 Å². The standard InChI is InChI=1S/C17H14ClNO3S/c18-15-13-3-1-2-4-14(13)23-16(15)17(21)19-11-5-7-12(8-6-11)22-10-9-20/h1-8,20H,9-10H2,(H,19,21). The van der Waals surface area contributed by atoms with Crippen molar-refractivity contribution in [3.8, 4) is 5.75 Å². The Morgan fingerprint density at radius 1 is 1.17 bits per heavy atom. The molecule has 3 aromatic rings. The van der Waals surface area contributed by atoms with Gasteiger partial charge >= 0.3 is 0 Å². The molecule has 0 bridgehead atoms. The molecular weight excluding hydrogens is 334 g/mol. The van der Waals surface area contributed by atoms with Gasteiger partial charge in [-0.25, -0.2) is 0 Å². The number of anilines is 1.